The molecule has 0 saturated carbocycles. The third-order valence-electron chi connectivity index (χ3n) is 5.81. The molecular formula is C23H24F4N4O3. The molecule has 1 N–H and O–H groups in total. The molecule has 2 aliphatic heterocycles. The fourth-order valence-corrected chi connectivity index (χ4v) is 4.09. The van der Waals surface area contributed by atoms with Crippen molar-refractivity contribution in [1.82, 2.24) is 5.43 Å². The number of Topliss-reactive ketones (excluding diaryl/α,β-unsaturated/α-hetero) is 1. The zero-order valence-corrected chi connectivity index (χ0v) is 18.2. The van der Waals surface area contributed by atoms with Crippen LogP contribution in [0.15, 0.2) is 42.5 Å². The van der Waals surface area contributed by atoms with Crippen LogP contribution < -0.4 is 20.2 Å². The Balaban J connectivity index is 1.44. The minimum atomic E-state index is -3.09. The van der Waals surface area contributed by atoms with Gasteiger partial charge in [-0.05, 0) is 18.6 Å². The van der Waals surface area contributed by atoms with Crippen LogP contribution in [0, 0.1) is 11.6 Å². The maximum Gasteiger partial charge on any atom is 0.414 e. The summed E-state index contributed by atoms with van der Waals surface area (Å²) in [5.74, 6) is -2.90. The van der Waals surface area contributed by atoms with Crippen molar-refractivity contribution < 1.29 is 31.9 Å². The van der Waals surface area contributed by atoms with Gasteiger partial charge in [0.15, 0.2) is 17.4 Å². The van der Waals surface area contributed by atoms with Crippen molar-refractivity contribution in [2.75, 3.05) is 47.5 Å². The average molecular weight is 480 g/mol. The Hall–Kier alpha value is -3.34. The number of para-hydroxylation sites is 1. The van der Waals surface area contributed by atoms with E-state index in [1.54, 1.807) is 4.90 Å². The summed E-state index contributed by atoms with van der Waals surface area (Å²) in [5, 5.41) is 1.92. The predicted molar refractivity (Wildman–Crippen MR) is 118 cm³/mol. The zero-order valence-electron chi connectivity index (χ0n) is 18.2. The van der Waals surface area contributed by atoms with Gasteiger partial charge >= 0.3 is 6.09 Å². The molecular weight excluding hydrogens is 456 g/mol. The minimum absolute atomic E-state index is 0.0368. The normalized spacial score (nSPS) is 18.9. The van der Waals surface area contributed by atoms with Gasteiger partial charge in [0.05, 0.1) is 24.5 Å². The van der Waals surface area contributed by atoms with E-state index in [0.717, 1.165) is 22.7 Å². The molecule has 2 heterocycles. The number of anilines is 3. The van der Waals surface area contributed by atoms with Gasteiger partial charge in [0.25, 0.3) is 6.43 Å². The lowest BCUT2D eigenvalue weighted by Crippen LogP contribution is -2.38. The van der Waals surface area contributed by atoms with Gasteiger partial charge in [0.1, 0.15) is 11.8 Å². The molecule has 0 radical (unpaired) electrons. The Morgan fingerprint density at radius 2 is 1.76 bits per heavy atom. The summed E-state index contributed by atoms with van der Waals surface area (Å²) in [6.07, 6.45) is -5.29. The summed E-state index contributed by atoms with van der Waals surface area (Å²) in [5.41, 5.74) is 3.95. The van der Waals surface area contributed by atoms with Crippen LogP contribution in [-0.2, 0) is 9.53 Å². The number of cyclic esters (lactones) is 1. The molecule has 0 bridgehead atoms. The molecule has 1 atom stereocenters. The summed E-state index contributed by atoms with van der Waals surface area (Å²) in [4.78, 5) is 25.9. The number of ether oxygens (including phenoxy) is 1. The summed E-state index contributed by atoms with van der Waals surface area (Å²) in [6.45, 7) is 1.59. The molecule has 4 rings (SSSR count). The molecule has 11 heteroatoms. The highest BCUT2D eigenvalue weighted by Gasteiger charge is 2.34. The van der Waals surface area contributed by atoms with E-state index in [0.29, 0.717) is 26.2 Å². The Bertz CT molecular complexity index is 1020. The Morgan fingerprint density at radius 3 is 2.44 bits per heavy atom. The number of ketones is 1. The van der Waals surface area contributed by atoms with Crippen molar-refractivity contribution in [3.63, 3.8) is 0 Å². The van der Waals surface area contributed by atoms with Crippen LogP contribution in [0.4, 0.5) is 39.4 Å². The quantitative estimate of drug-likeness (QED) is 0.610. The highest BCUT2D eigenvalue weighted by Crippen LogP contribution is 2.32. The first kappa shape index (κ1) is 23.8. The van der Waals surface area contributed by atoms with Gasteiger partial charge in [-0.15, -0.1) is 0 Å². The molecule has 182 valence electrons. The second-order valence-electron chi connectivity index (χ2n) is 8.06. The number of benzene rings is 2. The minimum Gasteiger partial charge on any atom is -0.444 e. The molecule has 0 unspecified atom stereocenters. The maximum absolute atomic E-state index is 15.0. The summed E-state index contributed by atoms with van der Waals surface area (Å²) >= 11 is 0. The van der Waals surface area contributed by atoms with E-state index in [1.807, 2.05) is 35.3 Å². The molecule has 7 nitrogen and oxygen atoms in total. The number of rotatable bonds is 7. The van der Waals surface area contributed by atoms with E-state index in [9.17, 15) is 18.4 Å². The standard InChI is InChI=1S/C23H24F4N4O3/c24-18-12-16(30-14-17(34-23(30)33)6-7-20(32)22(26)27)13-19(25)21(18)29-9-8-28-31(11-10-29)15-4-2-1-3-5-15/h1-5,12-13,17,22,28H,6-11,14H2/t17-/m0/s1. The molecule has 2 aromatic carbocycles. The largest absolute Gasteiger partial charge is 0.444 e. The number of hydrogen-bond donors (Lipinski definition) is 1. The molecule has 0 aliphatic carbocycles. The number of halogens is 4. The molecule has 34 heavy (non-hydrogen) atoms. The highest BCUT2D eigenvalue weighted by atomic mass is 19.3. The number of nitrogens with one attached hydrogen (secondary N) is 1. The van der Waals surface area contributed by atoms with Gasteiger partial charge in [0.2, 0.25) is 0 Å². The second kappa shape index (κ2) is 10.3. The van der Waals surface area contributed by atoms with E-state index >= 15 is 8.78 Å². The van der Waals surface area contributed by atoms with Crippen molar-refractivity contribution >= 4 is 28.9 Å². The van der Waals surface area contributed by atoms with Crippen LogP contribution in [0.2, 0.25) is 0 Å². The molecule has 2 fully saturated rings. The smallest absolute Gasteiger partial charge is 0.414 e. The first-order valence-corrected chi connectivity index (χ1v) is 10.9. The molecule has 1 amide bonds. The predicted octanol–water partition coefficient (Wildman–Crippen LogP) is 3.74. The topological polar surface area (TPSA) is 65.1 Å². The van der Waals surface area contributed by atoms with E-state index in [4.69, 9.17) is 4.74 Å². The van der Waals surface area contributed by atoms with Crippen molar-refractivity contribution in [2.45, 2.75) is 25.4 Å². The number of hydrogen-bond acceptors (Lipinski definition) is 6. The number of carbonyl (C=O) groups is 2. The molecule has 2 aliphatic rings. The number of carbonyl (C=O) groups excluding carboxylic acids is 2. The van der Waals surface area contributed by atoms with Crippen LogP contribution in [0.25, 0.3) is 0 Å². The fraction of sp³-hybridized carbons (Fsp3) is 0.391. The Kier molecular flexibility index (Phi) is 7.20. The number of alkyl halides is 2. The zero-order chi connectivity index (χ0) is 24.2. The van der Waals surface area contributed by atoms with Crippen molar-refractivity contribution in [1.29, 1.82) is 0 Å². The van der Waals surface area contributed by atoms with Gasteiger partial charge in [-0.25, -0.2) is 27.8 Å². The van der Waals surface area contributed by atoms with E-state index in [1.165, 1.54) is 0 Å². The number of hydrazine groups is 1. The maximum atomic E-state index is 15.0. The first-order chi connectivity index (χ1) is 16.3. The van der Waals surface area contributed by atoms with Crippen LogP contribution in [0.1, 0.15) is 12.8 Å². The van der Waals surface area contributed by atoms with E-state index in [-0.39, 0.29) is 24.3 Å². The summed E-state index contributed by atoms with van der Waals surface area (Å²) < 4.78 is 59.9. The lowest BCUT2D eigenvalue weighted by molar-refractivity contribution is -0.129. The average Bonchev–Trinajstić information content (AvgIpc) is 3.02. The summed E-state index contributed by atoms with van der Waals surface area (Å²) in [6, 6.07) is 11.7. The van der Waals surface area contributed by atoms with Crippen molar-refractivity contribution in [2.24, 2.45) is 0 Å². The van der Waals surface area contributed by atoms with Gasteiger partial charge < -0.3 is 14.6 Å². The van der Waals surface area contributed by atoms with E-state index in [2.05, 4.69) is 5.43 Å². The second-order valence-corrected chi connectivity index (χ2v) is 8.06. The molecule has 0 spiro atoms. The SMILES string of the molecule is O=C(CC[C@H]1CN(c2cc(F)c(N3CCNN(c4ccccc4)CC3)c(F)c2)C(=O)O1)C(F)F. The molecule has 2 aromatic rings. The number of nitrogens with zero attached hydrogens (tertiary/aromatic N) is 3. The van der Waals surface area contributed by atoms with Gasteiger partial charge in [0, 0.05) is 38.2 Å². The van der Waals surface area contributed by atoms with Crippen LogP contribution >= 0.6 is 0 Å². The van der Waals surface area contributed by atoms with Gasteiger partial charge in [-0.3, -0.25) is 9.69 Å². The monoisotopic (exact) mass is 480 g/mol. The first-order valence-electron chi connectivity index (χ1n) is 10.9. The molecule has 0 aromatic heterocycles. The molecule has 2 saturated heterocycles. The van der Waals surface area contributed by atoms with Crippen LogP contribution in [0.5, 0.6) is 0 Å². The van der Waals surface area contributed by atoms with Crippen molar-refractivity contribution in [3.8, 4) is 0 Å². The Morgan fingerprint density at radius 1 is 1.06 bits per heavy atom. The third-order valence-corrected chi connectivity index (χ3v) is 5.81. The van der Waals surface area contributed by atoms with Crippen molar-refractivity contribution in [3.05, 3.63) is 54.1 Å². The highest BCUT2D eigenvalue weighted by molar-refractivity contribution is 5.90. The lowest BCUT2D eigenvalue weighted by Gasteiger charge is -2.25. The summed E-state index contributed by atoms with van der Waals surface area (Å²) in [7, 11) is 0. The van der Waals surface area contributed by atoms with Crippen LogP contribution in [0.3, 0.4) is 0 Å². The fourth-order valence-electron chi connectivity index (χ4n) is 4.09. The number of amides is 1. The van der Waals surface area contributed by atoms with Gasteiger partial charge in [-0.2, -0.15) is 0 Å². The van der Waals surface area contributed by atoms with E-state index < -0.39 is 42.5 Å². The third kappa shape index (κ3) is 5.24. The lowest BCUT2D eigenvalue weighted by atomic mass is 10.1. The van der Waals surface area contributed by atoms with Gasteiger partial charge in [-0.1, -0.05) is 18.2 Å². The van der Waals surface area contributed by atoms with Crippen LogP contribution in [-0.4, -0.2) is 57.1 Å². The Labute approximate surface area is 193 Å².